The maximum Gasteiger partial charge on any atom is 0.325 e. The fourth-order valence-electron chi connectivity index (χ4n) is 3.33. The van der Waals surface area contributed by atoms with Crippen LogP contribution in [0.2, 0.25) is 0 Å². The van der Waals surface area contributed by atoms with Crippen LogP contribution in [0.1, 0.15) is 0 Å². The van der Waals surface area contributed by atoms with Gasteiger partial charge in [0.05, 0.1) is 5.69 Å². The Balaban J connectivity index is 1.21. The van der Waals surface area contributed by atoms with Crippen LogP contribution in [0.3, 0.4) is 0 Å². The maximum absolute atomic E-state index is 12.8. The third-order valence-corrected chi connectivity index (χ3v) is 5.56. The average molecular weight is 423 g/mol. The summed E-state index contributed by atoms with van der Waals surface area (Å²) in [7, 11) is 0. The van der Waals surface area contributed by atoms with Crippen molar-refractivity contribution in [2.24, 2.45) is 0 Å². The number of carbonyl (C=O) groups excluding carboxylic acids is 2. The van der Waals surface area contributed by atoms with Gasteiger partial charge in [0.15, 0.2) is 16.6 Å². The number of nitrogens with one attached hydrogen (secondary N) is 1. The van der Waals surface area contributed by atoms with E-state index in [2.05, 4.69) is 15.3 Å². The van der Waals surface area contributed by atoms with E-state index in [1.54, 1.807) is 29.4 Å². The van der Waals surface area contributed by atoms with Crippen LogP contribution < -0.4 is 19.7 Å². The van der Waals surface area contributed by atoms with E-state index in [9.17, 15) is 9.59 Å². The first kappa shape index (κ1) is 18.4. The Bertz CT molecular complexity index is 1100. The molecule has 9 nitrogen and oxygen atoms in total. The molecular formula is C20H17N5O4S. The monoisotopic (exact) mass is 423 g/mol. The minimum Gasteiger partial charge on any atom is -0.454 e. The van der Waals surface area contributed by atoms with Crippen molar-refractivity contribution in [3.05, 3.63) is 48.1 Å². The minimum absolute atomic E-state index is 0.0400. The lowest BCUT2D eigenvalue weighted by Crippen LogP contribution is -2.37. The number of benzene rings is 1. The smallest absolute Gasteiger partial charge is 0.325 e. The van der Waals surface area contributed by atoms with Gasteiger partial charge in [-0.2, -0.15) is 0 Å². The highest BCUT2D eigenvalue weighted by atomic mass is 32.1. The SMILES string of the molecule is O=C(CN1CCN(c2ccc3c(c2)OCO3)C1=O)Nc1nc(-c2cccnc2)cs1. The molecule has 0 atom stereocenters. The summed E-state index contributed by atoms with van der Waals surface area (Å²) in [6.07, 6.45) is 3.41. The van der Waals surface area contributed by atoms with E-state index in [4.69, 9.17) is 9.47 Å². The average Bonchev–Trinajstić information content (AvgIpc) is 3.49. The largest absolute Gasteiger partial charge is 0.454 e. The number of nitrogens with zero attached hydrogens (tertiary/aromatic N) is 4. The van der Waals surface area contributed by atoms with Gasteiger partial charge in [-0.25, -0.2) is 9.78 Å². The molecular weight excluding hydrogens is 406 g/mol. The van der Waals surface area contributed by atoms with Crippen LogP contribution in [-0.4, -0.2) is 53.2 Å². The lowest BCUT2D eigenvalue weighted by atomic mass is 10.2. The molecule has 10 heteroatoms. The molecule has 0 radical (unpaired) electrons. The summed E-state index contributed by atoms with van der Waals surface area (Å²) < 4.78 is 10.7. The zero-order valence-corrected chi connectivity index (χ0v) is 16.6. The van der Waals surface area contributed by atoms with Gasteiger partial charge in [-0.1, -0.05) is 0 Å². The second-order valence-electron chi connectivity index (χ2n) is 6.72. The number of thiazole rings is 1. The van der Waals surface area contributed by atoms with E-state index < -0.39 is 0 Å². The summed E-state index contributed by atoms with van der Waals surface area (Å²) in [5.41, 5.74) is 2.34. The number of hydrogen-bond donors (Lipinski definition) is 1. The molecule has 152 valence electrons. The molecule has 0 saturated carbocycles. The van der Waals surface area contributed by atoms with Crippen molar-refractivity contribution in [1.82, 2.24) is 14.9 Å². The van der Waals surface area contributed by atoms with Gasteiger partial charge in [0, 0.05) is 48.2 Å². The standard InChI is InChI=1S/C20H17N5O4S/c26-18(23-19-22-15(11-30-19)13-2-1-5-21-9-13)10-24-6-7-25(20(24)27)14-3-4-16-17(8-14)29-12-28-16/h1-5,8-9,11H,6-7,10,12H2,(H,22,23,26). The minimum atomic E-state index is -0.289. The number of carbonyl (C=O) groups is 2. The van der Waals surface area contributed by atoms with Gasteiger partial charge >= 0.3 is 6.03 Å². The topological polar surface area (TPSA) is 96.9 Å². The van der Waals surface area contributed by atoms with Crippen LogP contribution in [0.15, 0.2) is 48.1 Å². The van der Waals surface area contributed by atoms with Gasteiger partial charge < -0.3 is 19.7 Å². The van der Waals surface area contributed by atoms with Crippen LogP contribution in [0.5, 0.6) is 11.5 Å². The second-order valence-corrected chi connectivity index (χ2v) is 7.58. The van der Waals surface area contributed by atoms with E-state index in [-0.39, 0.29) is 25.3 Å². The van der Waals surface area contributed by atoms with Gasteiger partial charge in [0.2, 0.25) is 12.7 Å². The molecule has 3 amide bonds. The molecule has 1 saturated heterocycles. The lowest BCUT2D eigenvalue weighted by Gasteiger charge is -2.18. The predicted molar refractivity (Wildman–Crippen MR) is 111 cm³/mol. The fraction of sp³-hybridized carbons (Fsp3) is 0.200. The summed E-state index contributed by atoms with van der Waals surface area (Å²) in [6, 6.07) is 8.88. The van der Waals surface area contributed by atoms with Crippen molar-refractivity contribution in [3.8, 4) is 22.8 Å². The first-order valence-electron chi connectivity index (χ1n) is 9.29. The zero-order chi connectivity index (χ0) is 20.5. The Morgan fingerprint density at radius 2 is 2.10 bits per heavy atom. The number of aromatic nitrogens is 2. The maximum atomic E-state index is 12.8. The number of pyridine rings is 1. The molecule has 0 aliphatic carbocycles. The van der Waals surface area contributed by atoms with Crippen molar-refractivity contribution in [2.45, 2.75) is 0 Å². The van der Waals surface area contributed by atoms with Crippen LogP contribution in [0.4, 0.5) is 15.6 Å². The summed E-state index contributed by atoms with van der Waals surface area (Å²) >= 11 is 1.33. The third kappa shape index (κ3) is 3.52. The van der Waals surface area contributed by atoms with Crippen molar-refractivity contribution in [2.75, 3.05) is 36.6 Å². The summed E-state index contributed by atoms with van der Waals surface area (Å²) in [5, 5.41) is 5.11. The molecule has 2 aliphatic heterocycles. The zero-order valence-electron chi connectivity index (χ0n) is 15.8. The molecule has 4 heterocycles. The molecule has 1 N–H and O–H groups in total. The van der Waals surface area contributed by atoms with E-state index in [1.165, 1.54) is 16.2 Å². The second kappa shape index (κ2) is 7.64. The lowest BCUT2D eigenvalue weighted by molar-refractivity contribution is -0.116. The van der Waals surface area contributed by atoms with Crippen molar-refractivity contribution < 1.29 is 19.1 Å². The molecule has 0 unspecified atom stereocenters. The van der Waals surface area contributed by atoms with Crippen LogP contribution in [0, 0.1) is 0 Å². The molecule has 2 aromatic heterocycles. The number of anilines is 2. The number of hydrogen-bond acceptors (Lipinski definition) is 7. The highest BCUT2D eigenvalue weighted by molar-refractivity contribution is 7.14. The van der Waals surface area contributed by atoms with E-state index in [0.29, 0.717) is 35.4 Å². The van der Waals surface area contributed by atoms with Gasteiger partial charge in [0.25, 0.3) is 0 Å². The van der Waals surface area contributed by atoms with Gasteiger partial charge in [-0.3, -0.25) is 14.7 Å². The molecule has 5 rings (SSSR count). The fourth-order valence-corrected chi connectivity index (χ4v) is 4.07. The Kier molecular flexibility index (Phi) is 4.68. The van der Waals surface area contributed by atoms with Crippen LogP contribution >= 0.6 is 11.3 Å². The van der Waals surface area contributed by atoms with Crippen LogP contribution in [0.25, 0.3) is 11.3 Å². The highest BCUT2D eigenvalue weighted by Gasteiger charge is 2.32. The number of ether oxygens (including phenoxy) is 2. The van der Waals surface area contributed by atoms with Crippen molar-refractivity contribution >= 4 is 34.1 Å². The van der Waals surface area contributed by atoms with Crippen LogP contribution in [-0.2, 0) is 4.79 Å². The molecule has 2 aliphatic rings. The quantitative estimate of drug-likeness (QED) is 0.678. The first-order chi connectivity index (χ1) is 14.7. The normalized spacial score (nSPS) is 15.0. The molecule has 30 heavy (non-hydrogen) atoms. The van der Waals surface area contributed by atoms with E-state index in [1.807, 2.05) is 23.6 Å². The Morgan fingerprint density at radius 3 is 2.97 bits per heavy atom. The number of amides is 3. The van der Waals surface area contributed by atoms with Gasteiger partial charge in [-0.15, -0.1) is 11.3 Å². The molecule has 3 aromatic rings. The summed E-state index contributed by atoms with van der Waals surface area (Å²) in [5.74, 6) is 0.989. The Hall–Kier alpha value is -3.66. The van der Waals surface area contributed by atoms with Gasteiger partial charge in [-0.05, 0) is 24.3 Å². The highest BCUT2D eigenvalue weighted by Crippen LogP contribution is 2.36. The van der Waals surface area contributed by atoms with E-state index >= 15 is 0 Å². The first-order valence-corrected chi connectivity index (χ1v) is 10.2. The summed E-state index contributed by atoms with van der Waals surface area (Å²) in [6.45, 7) is 1.09. The Labute approximate surface area is 175 Å². The predicted octanol–water partition coefficient (Wildman–Crippen LogP) is 2.81. The summed E-state index contributed by atoms with van der Waals surface area (Å²) in [4.78, 5) is 36.8. The molecule has 1 fully saturated rings. The Morgan fingerprint density at radius 1 is 1.20 bits per heavy atom. The van der Waals surface area contributed by atoms with Gasteiger partial charge in [0.1, 0.15) is 6.54 Å². The number of fused-ring (bicyclic) bond motifs is 1. The number of urea groups is 1. The molecule has 0 bridgehead atoms. The number of rotatable bonds is 5. The van der Waals surface area contributed by atoms with Crippen molar-refractivity contribution in [1.29, 1.82) is 0 Å². The molecule has 1 aromatic carbocycles. The molecule has 0 spiro atoms. The third-order valence-electron chi connectivity index (χ3n) is 4.81. The van der Waals surface area contributed by atoms with E-state index in [0.717, 1.165) is 11.3 Å². The van der Waals surface area contributed by atoms with Crippen molar-refractivity contribution in [3.63, 3.8) is 0 Å².